The lowest BCUT2D eigenvalue weighted by Gasteiger charge is -2.23. The number of hydrogen-bond donors (Lipinski definition) is 2. The first-order chi connectivity index (χ1) is 16.3. The summed E-state index contributed by atoms with van der Waals surface area (Å²) in [6, 6.07) is 11.3. The molecule has 1 saturated heterocycles. The van der Waals surface area contributed by atoms with E-state index in [0.717, 1.165) is 16.2 Å². The second-order valence-electron chi connectivity index (χ2n) is 7.40. The number of Topliss-reactive ketones (excluding diaryl/α,β-unsaturated/α-hetero) is 1. The molecule has 10 heteroatoms. The number of carbonyl (C=O) groups excluding carboxylic acids is 3. The molecule has 4 rings (SSSR count). The topological polar surface area (TPSA) is 126 Å². The Bertz CT molecular complexity index is 1340. The summed E-state index contributed by atoms with van der Waals surface area (Å²) < 4.78 is 9.98. The third-order valence-corrected chi connectivity index (χ3v) is 6.47. The second kappa shape index (κ2) is 8.99. The van der Waals surface area contributed by atoms with Gasteiger partial charge in [-0.2, -0.15) is 0 Å². The van der Waals surface area contributed by atoms with E-state index in [9.17, 15) is 24.6 Å². The number of aromatic hydroxyl groups is 1. The molecule has 9 nitrogen and oxygen atoms in total. The first-order valence-corrected chi connectivity index (χ1v) is 10.9. The molecule has 3 aromatic rings. The molecule has 0 saturated carbocycles. The van der Waals surface area contributed by atoms with Gasteiger partial charge < -0.3 is 19.7 Å². The number of esters is 1. The van der Waals surface area contributed by atoms with E-state index in [1.807, 2.05) is 0 Å². The summed E-state index contributed by atoms with van der Waals surface area (Å²) in [6.07, 6.45) is 0. The van der Waals surface area contributed by atoms with Gasteiger partial charge in [-0.1, -0.05) is 35.6 Å². The Morgan fingerprint density at radius 1 is 1.12 bits per heavy atom. The lowest BCUT2D eigenvalue weighted by atomic mass is 9.95. The number of nitrogens with zero attached hydrogens (tertiary/aromatic N) is 2. The van der Waals surface area contributed by atoms with Crippen molar-refractivity contribution in [3.63, 3.8) is 0 Å². The van der Waals surface area contributed by atoms with Crippen LogP contribution >= 0.6 is 11.3 Å². The molecule has 1 aromatic heterocycles. The summed E-state index contributed by atoms with van der Waals surface area (Å²) >= 11 is 0.894. The molecular weight excluding hydrogens is 460 g/mol. The SMILES string of the molecule is COC(=O)c1sc(N2C(=O)C(=O)/C(=C(/O)c3cccc(OC)c3)C2c2cccc(O)c2)nc1C. The van der Waals surface area contributed by atoms with Crippen LogP contribution in [0.1, 0.15) is 32.5 Å². The van der Waals surface area contributed by atoms with Crippen molar-refractivity contribution in [1.82, 2.24) is 4.98 Å². The van der Waals surface area contributed by atoms with Gasteiger partial charge in [0.1, 0.15) is 22.1 Å². The number of rotatable bonds is 5. The fourth-order valence-corrected chi connectivity index (χ4v) is 4.75. The van der Waals surface area contributed by atoms with E-state index in [1.54, 1.807) is 37.3 Å². The number of hydrogen-bond acceptors (Lipinski definition) is 9. The van der Waals surface area contributed by atoms with E-state index in [-0.39, 0.29) is 26.9 Å². The highest BCUT2D eigenvalue weighted by Crippen LogP contribution is 2.44. The van der Waals surface area contributed by atoms with Crippen molar-refractivity contribution in [2.75, 3.05) is 19.1 Å². The Morgan fingerprint density at radius 3 is 2.53 bits per heavy atom. The van der Waals surface area contributed by atoms with Crippen molar-refractivity contribution < 1.29 is 34.1 Å². The third kappa shape index (κ3) is 3.88. The van der Waals surface area contributed by atoms with Crippen molar-refractivity contribution in [3.05, 3.63) is 75.8 Å². The van der Waals surface area contributed by atoms with Gasteiger partial charge in [-0.05, 0) is 36.8 Å². The zero-order valence-electron chi connectivity index (χ0n) is 18.4. The summed E-state index contributed by atoms with van der Waals surface area (Å²) in [5, 5.41) is 21.3. The first kappa shape index (κ1) is 23.0. The predicted octanol–water partition coefficient (Wildman–Crippen LogP) is 3.58. The molecule has 2 N–H and O–H groups in total. The van der Waals surface area contributed by atoms with E-state index in [4.69, 9.17) is 9.47 Å². The van der Waals surface area contributed by atoms with Crippen molar-refractivity contribution in [2.24, 2.45) is 0 Å². The van der Waals surface area contributed by atoms with E-state index in [0.29, 0.717) is 17.0 Å². The quantitative estimate of drug-likeness (QED) is 0.246. The maximum atomic E-state index is 13.2. The Hall–Kier alpha value is -4.18. The summed E-state index contributed by atoms with van der Waals surface area (Å²) in [5.41, 5.74) is 0.789. The van der Waals surface area contributed by atoms with Gasteiger partial charge in [0.15, 0.2) is 5.13 Å². The van der Waals surface area contributed by atoms with Gasteiger partial charge in [0.25, 0.3) is 5.78 Å². The zero-order valence-corrected chi connectivity index (χ0v) is 19.3. The molecule has 1 fully saturated rings. The third-order valence-electron chi connectivity index (χ3n) is 5.34. The lowest BCUT2D eigenvalue weighted by Crippen LogP contribution is -2.29. The Balaban J connectivity index is 1.95. The summed E-state index contributed by atoms with van der Waals surface area (Å²) in [4.78, 5) is 44.1. The van der Waals surface area contributed by atoms with Crippen LogP contribution in [-0.4, -0.2) is 47.1 Å². The monoisotopic (exact) mass is 480 g/mol. The average Bonchev–Trinajstić information content (AvgIpc) is 3.35. The molecule has 0 spiro atoms. The molecule has 1 aliphatic heterocycles. The number of carbonyl (C=O) groups is 3. The van der Waals surface area contributed by atoms with E-state index in [2.05, 4.69) is 4.98 Å². The number of aromatic nitrogens is 1. The molecule has 174 valence electrons. The number of amides is 1. The van der Waals surface area contributed by atoms with Gasteiger partial charge in [-0.25, -0.2) is 9.78 Å². The summed E-state index contributed by atoms with van der Waals surface area (Å²) in [7, 11) is 2.70. The number of phenols is 1. The number of ketones is 1. The van der Waals surface area contributed by atoms with E-state index in [1.165, 1.54) is 32.4 Å². The molecule has 1 unspecified atom stereocenters. The standard InChI is InChI=1S/C24H20N2O7S/c1-12-21(23(31)33-3)34-24(25-12)26-18(13-6-4-8-15(27)10-13)17(20(29)22(26)30)19(28)14-7-5-9-16(11-14)32-2/h4-11,18,27-28H,1-3H3/b19-17+. The lowest BCUT2D eigenvalue weighted by molar-refractivity contribution is -0.132. The first-order valence-electron chi connectivity index (χ1n) is 10.1. The summed E-state index contributed by atoms with van der Waals surface area (Å²) in [5.74, 6) is -2.53. The number of ether oxygens (including phenoxy) is 2. The van der Waals surface area contributed by atoms with Crippen LogP contribution in [0.15, 0.2) is 54.1 Å². The maximum Gasteiger partial charge on any atom is 0.350 e. The molecule has 1 atom stereocenters. The van der Waals surface area contributed by atoms with Crippen molar-refractivity contribution in [2.45, 2.75) is 13.0 Å². The van der Waals surface area contributed by atoms with Gasteiger partial charge in [-0.15, -0.1) is 0 Å². The zero-order chi connectivity index (χ0) is 24.6. The van der Waals surface area contributed by atoms with Crippen LogP contribution in [0.3, 0.4) is 0 Å². The number of aliphatic hydroxyl groups excluding tert-OH is 1. The minimum absolute atomic E-state index is 0.0815. The molecule has 2 aromatic carbocycles. The van der Waals surface area contributed by atoms with Gasteiger partial charge in [0.05, 0.1) is 31.5 Å². The van der Waals surface area contributed by atoms with Crippen LogP contribution in [0.25, 0.3) is 5.76 Å². The number of methoxy groups -OCH3 is 2. The number of phenolic OH excluding ortho intramolecular Hbond substituents is 1. The fourth-order valence-electron chi connectivity index (χ4n) is 3.73. The number of aliphatic hydroxyl groups is 1. The van der Waals surface area contributed by atoms with Crippen LogP contribution in [-0.2, 0) is 14.3 Å². The van der Waals surface area contributed by atoms with Crippen LogP contribution in [0, 0.1) is 6.92 Å². The minimum Gasteiger partial charge on any atom is -0.508 e. The number of benzene rings is 2. The van der Waals surface area contributed by atoms with Gasteiger partial charge in [-0.3, -0.25) is 14.5 Å². The number of thiazole rings is 1. The smallest absolute Gasteiger partial charge is 0.350 e. The number of anilines is 1. The molecule has 0 bridgehead atoms. The molecule has 34 heavy (non-hydrogen) atoms. The van der Waals surface area contributed by atoms with Crippen LogP contribution < -0.4 is 9.64 Å². The van der Waals surface area contributed by atoms with Crippen molar-refractivity contribution >= 4 is 39.9 Å². The van der Waals surface area contributed by atoms with Crippen LogP contribution in [0.5, 0.6) is 11.5 Å². The van der Waals surface area contributed by atoms with Crippen molar-refractivity contribution in [3.8, 4) is 11.5 Å². The molecule has 2 heterocycles. The molecule has 1 amide bonds. The highest BCUT2D eigenvalue weighted by molar-refractivity contribution is 7.17. The second-order valence-corrected chi connectivity index (χ2v) is 8.38. The molecule has 0 radical (unpaired) electrons. The van der Waals surface area contributed by atoms with Gasteiger partial charge >= 0.3 is 11.9 Å². The van der Waals surface area contributed by atoms with Gasteiger partial charge in [0.2, 0.25) is 0 Å². The highest BCUT2D eigenvalue weighted by Gasteiger charge is 2.48. The molecule has 0 aliphatic carbocycles. The van der Waals surface area contributed by atoms with E-state index >= 15 is 0 Å². The maximum absolute atomic E-state index is 13.2. The van der Waals surface area contributed by atoms with Crippen molar-refractivity contribution in [1.29, 1.82) is 0 Å². The average molecular weight is 480 g/mol. The largest absolute Gasteiger partial charge is 0.508 e. The Morgan fingerprint density at radius 2 is 1.85 bits per heavy atom. The van der Waals surface area contributed by atoms with Crippen LogP contribution in [0.4, 0.5) is 5.13 Å². The van der Waals surface area contributed by atoms with Gasteiger partial charge in [0, 0.05) is 5.56 Å². The highest BCUT2D eigenvalue weighted by atomic mass is 32.1. The normalized spacial score (nSPS) is 17.1. The minimum atomic E-state index is -1.10. The predicted molar refractivity (Wildman–Crippen MR) is 124 cm³/mol. The van der Waals surface area contributed by atoms with E-state index < -0.39 is 29.5 Å². The number of aryl methyl sites for hydroxylation is 1. The molecular formula is C24H20N2O7S. The van der Waals surface area contributed by atoms with Crippen LogP contribution in [0.2, 0.25) is 0 Å². The Labute approximate surface area is 198 Å². The summed E-state index contributed by atoms with van der Waals surface area (Å²) in [6.45, 7) is 1.59. The molecule has 1 aliphatic rings. The Kier molecular flexibility index (Phi) is 6.08. The fraction of sp³-hybridized carbons (Fsp3) is 0.167.